The SMILES string of the molecule is NC(CSc1nccc(=O)[nH]1)c1ccccc1C(F)(F)F. The summed E-state index contributed by atoms with van der Waals surface area (Å²) in [6, 6.07) is 5.62. The quantitative estimate of drug-likeness (QED) is 0.672. The van der Waals surface area contributed by atoms with Gasteiger partial charge in [0.25, 0.3) is 5.56 Å². The van der Waals surface area contributed by atoms with Gasteiger partial charge in [0, 0.05) is 24.1 Å². The molecular weight excluding hydrogens is 303 g/mol. The van der Waals surface area contributed by atoms with Gasteiger partial charge < -0.3 is 10.7 Å². The molecule has 0 bridgehead atoms. The highest BCUT2D eigenvalue weighted by Crippen LogP contribution is 2.34. The number of rotatable bonds is 4. The van der Waals surface area contributed by atoms with Crippen LogP contribution in [-0.2, 0) is 6.18 Å². The maximum Gasteiger partial charge on any atom is 0.416 e. The summed E-state index contributed by atoms with van der Waals surface area (Å²) < 4.78 is 38.7. The summed E-state index contributed by atoms with van der Waals surface area (Å²) in [7, 11) is 0. The van der Waals surface area contributed by atoms with Crippen LogP contribution in [0.2, 0.25) is 0 Å². The summed E-state index contributed by atoms with van der Waals surface area (Å²) in [5.41, 5.74) is 4.80. The number of nitrogens with two attached hydrogens (primary N) is 1. The van der Waals surface area contributed by atoms with Crippen molar-refractivity contribution in [2.75, 3.05) is 5.75 Å². The molecule has 0 aliphatic carbocycles. The molecule has 2 aromatic rings. The van der Waals surface area contributed by atoms with E-state index in [1.54, 1.807) is 0 Å². The van der Waals surface area contributed by atoms with Gasteiger partial charge in [0.1, 0.15) is 0 Å². The normalized spacial score (nSPS) is 13.1. The Morgan fingerprint density at radius 1 is 1.29 bits per heavy atom. The number of hydrogen-bond donors (Lipinski definition) is 2. The average Bonchev–Trinajstić information content (AvgIpc) is 2.44. The van der Waals surface area contributed by atoms with Gasteiger partial charge in [-0.2, -0.15) is 13.2 Å². The van der Waals surface area contributed by atoms with Gasteiger partial charge in [0.2, 0.25) is 0 Å². The van der Waals surface area contributed by atoms with Gasteiger partial charge >= 0.3 is 6.18 Å². The Hall–Kier alpha value is -1.80. The van der Waals surface area contributed by atoms with Crippen LogP contribution in [0.4, 0.5) is 13.2 Å². The van der Waals surface area contributed by atoms with Crippen molar-refractivity contribution in [1.29, 1.82) is 0 Å². The minimum Gasteiger partial charge on any atom is -0.323 e. The topological polar surface area (TPSA) is 71.8 Å². The number of halogens is 3. The maximum absolute atomic E-state index is 12.9. The summed E-state index contributed by atoms with van der Waals surface area (Å²) in [6.07, 6.45) is -3.12. The predicted octanol–water partition coefficient (Wildman–Crippen LogP) is 2.58. The number of hydrogen-bond acceptors (Lipinski definition) is 4. The van der Waals surface area contributed by atoms with Crippen LogP contribution >= 0.6 is 11.8 Å². The molecule has 0 aliphatic rings. The van der Waals surface area contributed by atoms with E-state index in [1.807, 2.05) is 0 Å². The van der Waals surface area contributed by atoms with Gasteiger partial charge in [-0.3, -0.25) is 4.79 Å². The molecule has 8 heteroatoms. The smallest absolute Gasteiger partial charge is 0.323 e. The second kappa shape index (κ2) is 6.31. The third-order valence-electron chi connectivity index (χ3n) is 2.71. The van der Waals surface area contributed by atoms with Crippen molar-refractivity contribution in [3.05, 3.63) is 58.0 Å². The number of benzene rings is 1. The van der Waals surface area contributed by atoms with Crippen molar-refractivity contribution in [3.63, 3.8) is 0 Å². The lowest BCUT2D eigenvalue weighted by Gasteiger charge is -2.17. The summed E-state index contributed by atoms with van der Waals surface area (Å²) >= 11 is 1.10. The first-order valence-corrected chi connectivity index (χ1v) is 6.96. The summed E-state index contributed by atoms with van der Waals surface area (Å²) in [4.78, 5) is 17.5. The molecule has 2 rings (SSSR count). The first-order valence-electron chi connectivity index (χ1n) is 5.98. The molecule has 0 saturated heterocycles. The molecule has 0 radical (unpaired) electrons. The zero-order valence-electron chi connectivity index (χ0n) is 10.7. The van der Waals surface area contributed by atoms with E-state index in [-0.39, 0.29) is 16.9 Å². The molecule has 3 N–H and O–H groups in total. The van der Waals surface area contributed by atoms with Crippen LogP contribution in [0.5, 0.6) is 0 Å². The Morgan fingerprint density at radius 3 is 2.67 bits per heavy atom. The fraction of sp³-hybridized carbons (Fsp3) is 0.231. The third kappa shape index (κ3) is 4.08. The van der Waals surface area contributed by atoms with Crippen LogP contribution in [0.15, 0.2) is 46.5 Å². The van der Waals surface area contributed by atoms with E-state index >= 15 is 0 Å². The average molecular weight is 315 g/mol. The molecule has 0 fully saturated rings. The Kier molecular flexibility index (Phi) is 4.69. The standard InChI is InChI=1S/C13H12F3N3OS/c14-13(15,16)9-4-2-1-3-8(9)10(17)7-21-12-18-6-5-11(20)19-12/h1-6,10H,7,17H2,(H,18,19,20). The van der Waals surface area contributed by atoms with Gasteiger partial charge in [-0.1, -0.05) is 30.0 Å². The molecule has 1 atom stereocenters. The fourth-order valence-electron chi connectivity index (χ4n) is 1.76. The molecule has 0 aliphatic heterocycles. The van der Waals surface area contributed by atoms with E-state index in [0.717, 1.165) is 17.8 Å². The van der Waals surface area contributed by atoms with Crippen molar-refractivity contribution in [3.8, 4) is 0 Å². The van der Waals surface area contributed by atoms with E-state index in [0.29, 0.717) is 5.16 Å². The van der Waals surface area contributed by atoms with Crippen molar-refractivity contribution < 1.29 is 13.2 Å². The Bertz CT molecular complexity index is 672. The number of thioether (sulfide) groups is 1. The number of nitrogens with one attached hydrogen (secondary N) is 1. The van der Waals surface area contributed by atoms with E-state index < -0.39 is 17.8 Å². The van der Waals surface area contributed by atoms with Crippen LogP contribution < -0.4 is 11.3 Å². The van der Waals surface area contributed by atoms with Crippen molar-refractivity contribution in [2.45, 2.75) is 17.4 Å². The molecular formula is C13H12F3N3OS. The highest BCUT2D eigenvalue weighted by molar-refractivity contribution is 7.99. The molecule has 1 unspecified atom stereocenters. The van der Waals surface area contributed by atoms with Crippen LogP contribution in [0.1, 0.15) is 17.2 Å². The lowest BCUT2D eigenvalue weighted by molar-refractivity contribution is -0.138. The van der Waals surface area contributed by atoms with Gasteiger partial charge in [-0.05, 0) is 11.6 Å². The first kappa shape index (κ1) is 15.6. The predicted molar refractivity (Wildman–Crippen MR) is 74.0 cm³/mol. The Labute approximate surface area is 122 Å². The monoisotopic (exact) mass is 315 g/mol. The number of aromatic amines is 1. The third-order valence-corrected chi connectivity index (χ3v) is 3.72. The van der Waals surface area contributed by atoms with E-state index in [1.165, 1.54) is 30.5 Å². The van der Waals surface area contributed by atoms with Crippen LogP contribution in [0.25, 0.3) is 0 Å². The molecule has 0 spiro atoms. The van der Waals surface area contributed by atoms with Gasteiger partial charge in [0.15, 0.2) is 5.16 Å². The highest BCUT2D eigenvalue weighted by Gasteiger charge is 2.34. The van der Waals surface area contributed by atoms with E-state index in [2.05, 4.69) is 9.97 Å². The van der Waals surface area contributed by atoms with Gasteiger partial charge in [-0.25, -0.2) is 4.98 Å². The lowest BCUT2D eigenvalue weighted by Crippen LogP contribution is -2.19. The first-order chi connectivity index (χ1) is 9.88. The van der Waals surface area contributed by atoms with Gasteiger partial charge in [0.05, 0.1) is 5.56 Å². The second-order valence-corrected chi connectivity index (χ2v) is 5.25. The number of aromatic nitrogens is 2. The zero-order chi connectivity index (χ0) is 15.5. The largest absolute Gasteiger partial charge is 0.416 e. The molecule has 0 amide bonds. The van der Waals surface area contributed by atoms with Gasteiger partial charge in [-0.15, -0.1) is 0 Å². The molecule has 1 aromatic carbocycles. The highest BCUT2D eigenvalue weighted by atomic mass is 32.2. The van der Waals surface area contributed by atoms with Crippen molar-refractivity contribution >= 4 is 11.8 Å². The minimum atomic E-state index is -4.45. The van der Waals surface area contributed by atoms with E-state index in [9.17, 15) is 18.0 Å². The number of nitrogens with zero attached hydrogens (tertiary/aromatic N) is 1. The Balaban J connectivity index is 2.14. The molecule has 1 heterocycles. The second-order valence-electron chi connectivity index (χ2n) is 4.24. The van der Waals surface area contributed by atoms with Crippen molar-refractivity contribution in [2.24, 2.45) is 5.73 Å². The fourth-order valence-corrected chi connectivity index (χ4v) is 2.59. The zero-order valence-corrected chi connectivity index (χ0v) is 11.5. The summed E-state index contributed by atoms with van der Waals surface area (Å²) in [5.74, 6) is 0.167. The summed E-state index contributed by atoms with van der Waals surface area (Å²) in [5, 5.41) is 0.322. The lowest BCUT2D eigenvalue weighted by atomic mass is 10.0. The maximum atomic E-state index is 12.9. The molecule has 4 nitrogen and oxygen atoms in total. The molecule has 0 saturated carbocycles. The van der Waals surface area contributed by atoms with E-state index in [4.69, 9.17) is 5.73 Å². The number of alkyl halides is 3. The Morgan fingerprint density at radius 2 is 2.00 bits per heavy atom. The molecule has 21 heavy (non-hydrogen) atoms. The molecule has 112 valence electrons. The number of H-pyrrole nitrogens is 1. The molecule has 1 aromatic heterocycles. The van der Waals surface area contributed by atoms with Crippen molar-refractivity contribution in [1.82, 2.24) is 9.97 Å². The minimum absolute atomic E-state index is 0.0239. The summed E-state index contributed by atoms with van der Waals surface area (Å²) in [6.45, 7) is 0. The van der Waals surface area contributed by atoms with Crippen LogP contribution in [-0.4, -0.2) is 15.7 Å². The van der Waals surface area contributed by atoms with Crippen LogP contribution in [0, 0.1) is 0 Å². The van der Waals surface area contributed by atoms with Crippen LogP contribution in [0.3, 0.4) is 0 Å².